The highest BCUT2D eigenvalue weighted by molar-refractivity contribution is 7.92. The van der Waals surface area contributed by atoms with E-state index < -0.39 is 21.0 Å². The van der Waals surface area contributed by atoms with Crippen molar-refractivity contribution in [2.45, 2.75) is 18.1 Å². The largest absolute Gasteiger partial charge is 0.303 e. The number of rotatable bonds is 4. The van der Waals surface area contributed by atoms with Crippen LogP contribution in [0.3, 0.4) is 0 Å². The number of benzene rings is 1. The molecule has 1 aromatic carbocycles. The molecule has 5 heteroatoms. The molecule has 0 heterocycles. The molecule has 1 fully saturated rings. The Morgan fingerprint density at radius 1 is 1.29 bits per heavy atom. The topological polar surface area (TPSA) is 51.2 Å². The minimum absolute atomic E-state index is 0.0275. The van der Waals surface area contributed by atoms with Crippen molar-refractivity contribution in [3.05, 3.63) is 35.6 Å². The molecule has 1 aliphatic rings. The van der Waals surface area contributed by atoms with Gasteiger partial charge in [0.15, 0.2) is 9.84 Å². The first-order chi connectivity index (χ1) is 8.01. The number of hydrogen-bond acceptors (Lipinski definition) is 3. The second kappa shape index (κ2) is 4.22. The molecule has 0 saturated heterocycles. The molecule has 92 valence electrons. The van der Waals surface area contributed by atoms with Crippen molar-refractivity contribution in [1.82, 2.24) is 0 Å². The number of carbonyl (C=O) groups is 1. The average Bonchev–Trinajstić information content (AvgIpc) is 3.05. The van der Waals surface area contributed by atoms with Crippen LogP contribution in [0.2, 0.25) is 0 Å². The van der Waals surface area contributed by atoms with Crippen LogP contribution in [0, 0.1) is 11.7 Å². The van der Waals surface area contributed by atoms with Crippen molar-refractivity contribution < 1.29 is 17.6 Å². The monoisotopic (exact) mass is 256 g/mol. The van der Waals surface area contributed by atoms with Gasteiger partial charge in [-0.1, -0.05) is 19.1 Å². The first kappa shape index (κ1) is 12.2. The third kappa shape index (κ3) is 2.11. The smallest absolute Gasteiger partial charge is 0.154 e. The summed E-state index contributed by atoms with van der Waals surface area (Å²) < 4.78 is 36.3. The first-order valence-corrected chi connectivity index (χ1v) is 7.15. The van der Waals surface area contributed by atoms with Gasteiger partial charge in [0.2, 0.25) is 0 Å². The van der Waals surface area contributed by atoms with Crippen LogP contribution in [0.25, 0.3) is 0 Å². The Morgan fingerprint density at radius 3 is 2.35 bits per heavy atom. The van der Waals surface area contributed by atoms with Gasteiger partial charge in [-0.2, -0.15) is 0 Å². The van der Waals surface area contributed by atoms with Gasteiger partial charge in [-0.3, -0.25) is 0 Å². The molecule has 3 nitrogen and oxygen atoms in total. The molecule has 1 aliphatic carbocycles. The van der Waals surface area contributed by atoms with Gasteiger partial charge in [-0.15, -0.1) is 0 Å². The summed E-state index contributed by atoms with van der Waals surface area (Å²) in [6.45, 7) is 1.57. The number of hydrogen-bond donors (Lipinski definition) is 0. The maximum atomic E-state index is 12.8. The predicted molar refractivity (Wildman–Crippen MR) is 61.9 cm³/mol. The fourth-order valence-electron chi connectivity index (χ4n) is 2.22. The van der Waals surface area contributed by atoms with Crippen LogP contribution >= 0.6 is 0 Å². The minimum atomic E-state index is -3.22. The van der Waals surface area contributed by atoms with Gasteiger partial charge in [0, 0.05) is 17.6 Å². The summed E-state index contributed by atoms with van der Waals surface area (Å²) in [5.74, 6) is -1.13. The zero-order chi connectivity index (χ0) is 12.6. The summed E-state index contributed by atoms with van der Waals surface area (Å²) in [5.41, 5.74) is 0.713. The Balaban J connectivity index is 2.29. The third-order valence-electron chi connectivity index (χ3n) is 3.24. The summed E-state index contributed by atoms with van der Waals surface area (Å²) in [4.78, 5) is 10.9. The van der Waals surface area contributed by atoms with Crippen LogP contribution in [-0.4, -0.2) is 25.7 Å². The van der Waals surface area contributed by atoms with E-state index in [9.17, 15) is 17.6 Å². The summed E-state index contributed by atoms with van der Waals surface area (Å²) >= 11 is 0. The lowest BCUT2D eigenvalue weighted by Crippen LogP contribution is -2.12. The SMILES string of the molecule is CCS(=O)(=O)[C@@H]1[C@H](C=O)[C@H]1c1ccc(F)cc1. The van der Waals surface area contributed by atoms with Crippen molar-refractivity contribution >= 4 is 16.1 Å². The van der Waals surface area contributed by atoms with E-state index in [2.05, 4.69) is 0 Å². The Kier molecular flexibility index (Phi) is 3.03. The molecule has 0 N–H and O–H groups in total. The fourth-order valence-corrected chi connectivity index (χ4v) is 4.01. The van der Waals surface area contributed by atoms with E-state index in [-0.39, 0.29) is 17.5 Å². The molecule has 17 heavy (non-hydrogen) atoms. The molecule has 2 rings (SSSR count). The van der Waals surface area contributed by atoms with Crippen molar-refractivity contribution in [2.75, 3.05) is 5.75 Å². The highest BCUT2D eigenvalue weighted by atomic mass is 32.2. The van der Waals surface area contributed by atoms with E-state index in [1.54, 1.807) is 19.1 Å². The van der Waals surface area contributed by atoms with Crippen molar-refractivity contribution in [3.63, 3.8) is 0 Å². The van der Waals surface area contributed by atoms with E-state index in [0.29, 0.717) is 11.8 Å². The molecule has 0 unspecified atom stereocenters. The van der Waals surface area contributed by atoms with Crippen molar-refractivity contribution in [1.29, 1.82) is 0 Å². The first-order valence-electron chi connectivity index (χ1n) is 5.43. The van der Waals surface area contributed by atoms with Crippen LogP contribution in [0.4, 0.5) is 4.39 Å². The summed E-state index contributed by atoms with van der Waals surface area (Å²) in [6, 6.07) is 5.65. The summed E-state index contributed by atoms with van der Waals surface area (Å²) in [6.07, 6.45) is 0.686. The molecule has 0 aromatic heterocycles. The van der Waals surface area contributed by atoms with E-state index in [4.69, 9.17) is 0 Å². The van der Waals surface area contributed by atoms with Crippen LogP contribution in [0.1, 0.15) is 18.4 Å². The summed E-state index contributed by atoms with van der Waals surface area (Å²) in [5, 5.41) is -0.629. The third-order valence-corrected chi connectivity index (χ3v) is 5.48. The zero-order valence-corrected chi connectivity index (χ0v) is 10.2. The van der Waals surface area contributed by atoms with Gasteiger partial charge < -0.3 is 4.79 Å². The molecule has 3 atom stereocenters. The van der Waals surface area contributed by atoms with Gasteiger partial charge in [0.25, 0.3) is 0 Å². The van der Waals surface area contributed by atoms with E-state index in [0.717, 1.165) is 0 Å². The van der Waals surface area contributed by atoms with Gasteiger partial charge in [-0.25, -0.2) is 12.8 Å². The van der Waals surface area contributed by atoms with Crippen LogP contribution in [-0.2, 0) is 14.6 Å². The van der Waals surface area contributed by atoms with Gasteiger partial charge >= 0.3 is 0 Å². The highest BCUT2D eigenvalue weighted by Gasteiger charge is 2.57. The number of halogens is 1. The molecule has 1 saturated carbocycles. The quantitative estimate of drug-likeness (QED) is 0.768. The standard InChI is InChI=1S/C12H13FO3S/c1-2-17(15,16)12-10(7-14)11(12)8-3-5-9(13)6-4-8/h3-7,10-12H,2H2,1H3/t10-,11-,12-/m1/s1. The zero-order valence-electron chi connectivity index (χ0n) is 9.34. The van der Waals surface area contributed by atoms with Crippen molar-refractivity contribution in [3.8, 4) is 0 Å². The molecular weight excluding hydrogens is 243 g/mol. The van der Waals surface area contributed by atoms with E-state index >= 15 is 0 Å². The number of aldehydes is 1. The van der Waals surface area contributed by atoms with E-state index in [1.165, 1.54) is 12.1 Å². The lowest BCUT2D eigenvalue weighted by Gasteiger charge is -2.00. The molecule has 0 bridgehead atoms. The normalized spacial score (nSPS) is 27.8. The maximum absolute atomic E-state index is 12.8. The van der Waals surface area contributed by atoms with Crippen LogP contribution in [0.5, 0.6) is 0 Å². The van der Waals surface area contributed by atoms with Gasteiger partial charge in [0.1, 0.15) is 12.1 Å². The van der Waals surface area contributed by atoms with E-state index in [1.807, 2.05) is 0 Å². The second-order valence-corrected chi connectivity index (χ2v) is 6.65. The Hall–Kier alpha value is -1.23. The molecule has 0 aliphatic heterocycles. The summed E-state index contributed by atoms with van der Waals surface area (Å²) in [7, 11) is -3.22. The Labute approximate surface area is 99.6 Å². The highest BCUT2D eigenvalue weighted by Crippen LogP contribution is 2.51. The van der Waals surface area contributed by atoms with Gasteiger partial charge in [-0.05, 0) is 17.7 Å². The molecule has 0 amide bonds. The predicted octanol–water partition coefficient (Wildman–Crippen LogP) is 1.54. The number of sulfone groups is 1. The maximum Gasteiger partial charge on any atom is 0.154 e. The Bertz CT molecular complexity index is 521. The number of carbonyl (C=O) groups excluding carboxylic acids is 1. The lowest BCUT2D eigenvalue weighted by atomic mass is 10.1. The molecular formula is C12H13FO3S. The fraction of sp³-hybridized carbons (Fsp3) is 0.417. The average molecular weight is 256 g/mol. The van der Waals surface area contributed by atoms with Crippen molar-refractivity contribution in [2.24, 2.45) is 5.92 Å². The minimum Gasteiger partial charge on any atom is -0.303 e. The van der Waals surface area contributed by atoms with Crippen LogP contribution in [0.15, 0.2) is 24.3 Å². The molecule has 0 spiro atoms. The molecule has 0 radical (unpaired) electrons. The second-order valence-electron chi connectivity index (χ2n) is 4.21. The lowest BCUT2D eigenvalue weighted by molar-refractivity contribution is -0.108. The van der Waals surface area contributed by atoms with Gasteiger partial charge in [0.05, 0.1) is 5.25 Å². The molecule has 1 aromatic rings. The van der Waals surface area contributed by atoms with Crippen LogP contribution < -0.4 is 0 Å². The Morgan fingerprint density at radius 2 is 1.88 bits per heavy atom.